The Morgan fingerprint density at radius 2 is 1.61 bits per heavy atom. The van der Waals surface area contributed by atoms with E-state index in [0.717, 1.165) is 11.6 Å². The maximum Gasteiger partial charge on any atom is 0.262 e. The van der Waals surface area contributed by atoms with Crippen LogP contribution in [-0.2, 0) is 22.0 Å². The van der Waals surface area contributed by atoms with Crippen LogP contribution in [0.4, 0.5) is 10.1 Å². The summed E-state index contributed by atoms with van der Waals surface area (Å²) in [6.45, 7) is 6.71. The Bertz CT molecular complexity index is 1180. The summed E-state index contributed by atoms with van der Waals surface area (Å²) in [7, 11) is -4.05. The van der Waals surface area contributed by atoms with E-state index in [1.54, 1.807) is 0 Å². The third-order valence-electron chi connectivity index (χ3n) is 4.80. The van der Waals surface area contributed by atoms with E-state index in [0.29, 0.717) is 6.54 Å². The van der Waals surface area contributed by atoms with Crippen LogP contribution in [0.15, 0.2) is 77.7 Å². The van der Waals surface area contributed by atoms with Crippen molar-refractivity contribution in [3.63, 3.8) is 0 Å². The van der Waals surface area contributed by atoms with Crippen molar-refractivity contribution in [1.29, 1.82) is 0 Å². The molecule has 0 aliphatic rings. The molecule has 3 aromatic carbocycles. The first-order valence-electron chi connectivity index (χ1n) is 9.81. The average Bonchev–Trinajstić information content (AvgIpc) is 2.73. The number of amides is 1. The second-order valence-electron chi connectivity index (χ2n) is 8.24. The molecule has 5 nitrogen and oxygen atoms in total. The van der Waals surface area contributed by atoms with E-state index >= 15 is 0 Å². The highest BCUT2D eigenvalue weighted by Crippen LogP contribution is 2.22. The molecule has 31 heavy (non-hydrogen) atoms. The topological polar surface area (TPSA) is 75.3 Å². The smallest absolute Gasteiger partial charge is 0.262 e. The molecule has 0 saturated heterocycles. The molecule has 0 unspecified atom stereocenters. The van der Waals surface area contributed by atoms with Gasteiger partial charge < -0.3 is 5.32 Å². The zero-order valence-electron chi connectivity index (χ0n) is 17.6. The molecule has 0 aromatic heterocycles. The zero-order valence-corrected chi connectivity index (χ0v) is 18.5. The normalized spacial score (nSPS) is 11.7. The predicted molar refractivity (Wildman–Crippen MR) is 120 cm³/mol. The monoisotopic (exact) mass is 440 g/mol. The van der Waals surface area contributed by atoms with Crippen LogP contribution in [0.5, 0.6) is 0 Å². The van der Waals surface area contributed by atoms with E-state index < -0.39 is 21.7 Å². The first-order chi connectivity index (χ1) is 14.6. The van der Waals surface area contributed by atoms with Crippen molar-refractivity contribution in [2.24, 2.45) is 0 Å². The third kappa shape index (κ3) is 5.70. The highest BCUT2D eigenvalue weighted by atomic mass is 32.2. The van der Waals surface area contributed by atoms with Gasteiger partial charge in [0.1, 0.15) is 5.82 Å². The number of para-hydroxylation sites is 1. The fourth-order valence-electron chi connectivity index (χ4n) is 2.96. The van der Waals surface area contributed by atoms with Crippen LogP contribution in [0.3, 0.4) is 0 Å². The van der Waals surface area contributed by atoms with Crippen molar-refractivity contribution in [2.45, 2.75) is 37.6 Å². The van der Waals surface area contributed by atoms with Gasteiger partial charge in [-0.1, -0.05) is 63.2 Å². The molecule has 0 heterocycles. The minimum absolute atomic E-state index is 0.0460. The summed E-state index contributed by atoms with van der Waals surface area (Å²) in [5, 5.41) is 2.80. The molecule has 0 bridgehead atoms. The quantitative estimate of drug-likeness (QED) is 0.575. The van der Waals surface area contributed by atoms with Crippen LogP contribution in [0.1, 0.15) is 42.3 Å². The van der Waals surface area contributed by atoms with Gasteiger partial charge in [-0.05, 0) is 46.9 Å². The number of rotatable bonds is 6. The lowest BCUT2D eigenvalue weighted by Crippen LogP contribution is -2.23. The molecule has 2 N–H and O–H groups in total. The lowest BCUT2D eigenvalue weighted by atomic mass is 9.87. The number of sulfonamides is 1. The van der Waals surface area contributed by atoms with Gasteiger partial charge >= 0.3 is 0 Å². The summed E-state index contributed by atoms with van der Waals surface area (Å²) < 4.78 is 41.2. The van der Waals surface area contributed by atoms with Crippen LogP contribution in [0.2, 0.25) is 0 Å². The van der Waals surface area contributed by atoms with Gasteiger partial charge in [0.2, 0.25) is 0 Å². The fraction of sp³-hybridized carbons (Fsp3) is 0.208. The molecule has 3 rings (SSSR count). The van der Waals surface area contributed by atoms with Gasteiger partial charge in [-0.15, -0.1) is 0 Å². The lowest BCUT2D eigenvalue weighted by molar-refractivity contribution is 0.0950. The molecular weight excluding hydrogens is 415 g/mol. The van der Waals surface area contributed by atoms with Gasteiger partial charge in [0, 0.05) is 12.1 Å². The largest absolute Gasteiger partial charge is 0.348 e. The molecule has 1 amide bonds. The van der Waals surface area contributed by atoms with Crippen molar-refractivity contribution in [3.8, 4) is 0 Å². The number of hydrogen-bond donors (Lipinski definition) is 2. The van der Waals surface area contributed by atoms with E-state index in [-0.39, 0.29) is 21.6 Å². The summed E-state index contributed by atoms with van der Waals surface area (Å²) in [5.41, 5.74) is 2.22. The summed E-state index contributed by atoms with van der Waals surface area (Å²) in [6, 6.07) is 19.1. The van der Waals surface area contributed by atoms with E-state index in [1.807, 2.05) is 24.3 Å². The van der Waals surface area contributed by atoms with E-state index in [9.17, 15) is 17.6 Å². The van der Waals surface area contributed by atoms with Crippen molar-refractivity contribution in [2.75, 3.05) is 4.72 Å². The van der Waals surface area contributed by atoms with Crippen molar-refractivity contribution >= 4 is 21.6 Å². The molecule has 7 heteroatoms. The standard InChI is InChI=1S/C24H25FN2O3S/c1-24(2,3)19-13-11-17(12-14-19)16-26-23(28)18-7-6-8-20(15-18)31(29,30)27-22-10-5-4-9-21(22)25/h4-15,27H,16H2,1-3H3,(H,26,28). The molecule has 0 atom stereocenters. The minimum Gasteiger partial charge on any atom is -0.348 e. The van der Waals surface area contributed by atoms with E-state index in [1.165, 1.54) is 48.0 Å². The highest BCUT2D eigenvalue weighted by Gasteiger charge is 2.18. The number of nitrogens with one attached hydrogen (secondary N) is 2. The first kappa shape index (κ1) is 22.5. The molecule has 162 valence electrons. The molecule has 0 aliphatic carbocycles. The molecule has 0 aliphatic heterocycles. The van der Waals surface area contributed by atoms with Gasteiger partial charge in [0.15, 0.2) is 0 Å². The van der Waals surface area contributed by atoms with Crippen LogP contribution in [-0.4, -0.2) is 14.3 Å². The van der Waals surface area contributed by atoms with Gasteiger partial charge in [-0.3, -0.25) is 9.52 Å². The Labute approximate surface area is 182 Å². The minimum atomic E-state index is -4.05. The van der Waals surface area contributed by atoms with Crippen molar-refractivity contribution in [3.05, 3.63) is 95.3 Å². The number of halogens is 1. The second kappa shape index (κ2) is 8.89. The van der Waals surface area contributed by atoms with Crippen molar-refractivity contribution < 1.29 is 17.6 Å². The van der Waals surface area contributed by atoms with Crippen LogP contribution >= 0.6 is 0 Å². The number of hydrogen-bond acceptors (Lipinski definition) is 3. The van der Waals surface area contributed by atoms with Crippen molar-refractivity contribution in [1.82, 2.24) is 5.32 Å². The summed E-state index contributed by atoms with van der Waals surface area (Å²) in [4.78, 5) is 12.4. The third-order valence-corrected chi connectivity index (χ3v) is 6.16. The van der Waals surface area contributed by atoms with E-state index in [4.69, 9.17) is 0 Å². The lowest BCUT2D eigenvalue weighted by Gasteiger charge is -2.19. The molecular formula is C24H25FN2O3S. The van der Waals surface area contributed by atoms with Crippen LogP contribution in [0.25, 0.3) is 0 Å². The van der Waals surface area contributed by atoms with Crippen LogP contribution in [0, 0.1) is 5.82 Å². The highest BCUT2D eigenvalue weighted by molar-refractivity contribution is 7.92. The fourth-order valence-corrected chi connectivity index (χ4v) is 4.07. The Morgan fingerprint density at radius 3 is 2.26 bits per heavy atom. The Hall–Kier alpha value is -3.19. The van der Waals surface area contributed by atoms with E-state index in [2.05, 4.69) is 30.8 Å². The van der Waals surface area contributed by atoms with Gasteiger partial charge in [-0.25, -0.2) is 12.8 Å². The Balaban J connectivity index is 1.70. The number of benzene rings is 3. The number of carbonyl (C=O) groups is 1. The molecule has 0 fully saturated rings. The zero-order chi connectivity index (χ0) is 22.6. The molecule has 3 aromatic rings. The maximum atomic E-state index is 13.8. The summed E-state index contributed by atoms with van der Waals surface area (Å²) >= 11 is 0. The first-order valence-corrected chi connectivity index (χ1v) is 11.3. The van der Waals surface area contributed by atoms with Gasteiger partial charge in [0.05, 0.1) is 10.6 Å². The Kier molecular flexibility index (Phi) is 6.45. The molecule has 0 saturated carbocycles. The molecule has 0 radical (unpaired) electrons. The predicted octanol–water partition coefficient (Wildman–Crippen LogP) is 4.85. The SMILES string of the molecule is CC(C)(C)c1ccc(CNC(=O)c2cccc(S(=O)(=O)Nc3ccccc3F)c2)cc1. The van der Waals surface area contributed by atoms with Gasteiger partial charge in [0.25, 0.3) is 15.9 Å². The maximum absolute atomic E-state index is 13.8. The number of anilines is 1. The Morgan fingerprint density at radius 1 is 0.935 bits per heavy atom. The molecule has 0 spiro atoms. The van der Waals surface area contributed by atoms with Gasteiger partial charge in [-0.2, -0.15) is 0 Å². The average molecular weight is 441 g/mol. The van der Waals surface area contributed by atoms with Crippen LogP contribution < -0.4 is 10.0 Å². The summed E-state index contributed by atoms with van der Waals surface area (Å²) in [6.07, 6.45) is 0. The number of carbonyl (C=O) groups excluding carboxylic acids is 1. The summed E-state index contributed by atoms with van der Waals surface area (Å²) in [5.74, 6) is -1.08. The second-order valence-corrected chi connectivity index (χ2v) is 9.93.